The topological polar surface area (TPSA) is 187 Å². The van der Waals surface area contributed by atoms with Crippen LogP contribution >= 0.6 is 11.6 Å². The Morgan fingerprint density at radius 3 is 2.02 bits per heavy atom. The Morgan fingerprint density at radius 2 is 1.41 bits per heavy atom. The van der Waals surface area contributed by atoms with Crippen LogP contribution in [0.15, 0.2) is 89.9 Å². The van der Waals surface area contributed by atoms with Gasteiger partial charge in [0.15, 0.2) is 5.96 Å². The van der Waals surface area contributed by atoms with E-state index in [4.69, 9.17) is 17.3 Å². The van der Waals surface area contributed by atoms with Gasteiger partial charge in [0, 0.05) is 38.5 Å². The lowest BCUT2D eigenvalue weighted by molar-refractivity contribution is -0.129. The van der Waals surface area contributed by atoms with Gasteiger partial charge in [-0.15, -0.1) is 11.6 Å². The molecule has 0 spiro atoms. The summed E-state index contributed by atoms with van der Waals surface area (Å²) in [5, 5.41) is 22.9. The number of nitrogens with zero attached hydrogens (tertiary/aromatic N) is 1. The van der Waals surface area contributed by atoms with Crippen LogP contribution in [0.5, 0.6) is 5.75 Å². The Labute approximate surface area is 273 Å². The molecule has 1 atom stereocenters. The van der Waals surface area contributed by atoms with Crippen molar-refractivity contribution in [1.82, 2.24) is 26.6 Å². The van der Waals surface area contributed by atoms with Gasteiger partial charge in [-0.2, -0.15) is 0 Å². The molecule has 5 amide bonds. The predicted octanol–water partition coefficient (Wildman–Crippen LogP) is 2.46. The SMILES string of the molecule is NC(=NCCC[C@@H](NC(=O)C(c1ccccc1)c1ccccc1)C(=O)NCc1ccc(O)cc1)NC(=O)NCCNC(=O)CCCl. The maximum absolute atomic E-state index is 13.8. The highest BCUT2D eigenvalue weighted by atomic mass is 35.5. The molecule has 3 rings (SSSR count). The fourth-order valence-corrected chi connectivity index (χ4v) is 4.65. The first-order valence-electron chi connectivity index (χ1n) is 14.9. The number of guanidine groups is 1. The van der Waals surface area contributed by atoms with Crippen molar-refractivity contribution in [2.45, 2.75) is 37.8 Å². The van der Waals surface area contributed by atoms with Gasteiger partial charge in [0.2, 0.25) is 17.7 Å². The van der Waals surface area contributed by atoms with Gasteiger partial charge in [-0.3, -0.25) is 24.7 Å². The predicted molar refractivity (Wildman–Crippen MR) is 177 cm³/mol. The number of hydrogen-bond donors (Lipinski definition) is 7. The average molecular weight is 650 g/mol. The Hall–Kier alpha value is -5.10. The molecule has 0 aromatic heterocycles. The normalized spacial score (nSPS) is 11.7. The number of amides is 5. The molecule has 3 aromatic carbocycles. The van der Waals surface area contributed by atoms with Crippen molar-refractivity contribution in [3.8, 4) is 5.75 Å². The molecule has 244 valence electrons. The summed E-state index contributed by atoms with van der Waals surface area (Å²) >= 11 is 5.51. The Bertz CT molecular complexity index is 1400. The highest BCUT2D eigenvalue weighted by Crippen LogP contribution is 2.25. The van der Waals surface area contributed by atoms with Crippen molar-refractivity contribution in [2.75, 3.05) is 25.5 Å². The minimum absolute atomic E-state index is 0.116. The summed E-state index contributed by atoms with van der Waals surface area (Å²) in [6.07, 6.45) is 0.808. The third-order valence-electron chi connectivity index (χ3n) is 6.79. The van der Waals surface area contributed by atoms with Gasteiger partial charge < -0.3 is 32.1 Å². The monoisotopic (exact) mass is 649 g/mol. The van der Waals surface area contributed by atoms with Crippen LogP contribution < -0.4 is 32.3 Å². The fourth-order valence-electron chi connectivity index (χ4n) is 4.48. The minimum atomic E-state index is -0.888. The lowest BCUT2D eigenvalue weighted by Crippen LogP contribution is -2.48. The standard InChI is InChI=1S/C33H40ClN7O5/c34-18-17-28(43)36-20-21-38-33(46)41-32(35)37-19-7-12-27(30(44)39-22-23-13-15-26(42)16-14-23)40-31(45)29(24-8-3-1-4-9-24)25-10-5-2-6-11-25/h1-6,8-11,13-16,27,29,42H,7,12,17-22H2,(H,36,43)(H,39,44)(H,40,45)(H4,35,37,38,41,46)/t27-/m1/s1. The third-order valence-corrected chi connectivity index (χ3v) is 6.98. The Balaban J connectivity index is 1.62. The van der Waals surface area contributed by atoms with E-state index in [1.165, 1.54) is 12.1 Å². The third kappa shape index (κ3) is 12.5. The van der Waals surface area contributed by atoms with Crippen molar-refractivity contribution in [2.24, 2.45) is 10.7 Å². The van der Waals surface area contributed by atoms with E-state index in [2.05, 4.69) is 31.6 Å². The lowest BCUT2D eigenvalue weighted by atomic mass is 9.90. The second-order valence-electron chi connectivity index (χ2n) is 10.3. The molecule has 0 saturated carbocycles. The summed E-state index contributed by atoms with van der Waals surface area (Å²) in [6, 6.07) is 23.6. The zero-order valence-corrected chi connectivity index (χ0v) is 26.1. The van der Waals surface area contributed by atoms with E-state index in [0.717, 1.165) is 16.7 Å². The zero-order chi connectivity index (χ0) is 33.1. The summed E-state index contributed by atoms with van der Waals surface area (Å²) in [5.74, 6) is -1.35. The molecular weight excluding hydrogens is 610 g/mol. The second-order valence-corrected chi connectivity index (χ2v) is 10.7. The van der Waals surface area contributed by atoms with Gasteiger partial charge in [0.25, 0.3) is 0 Å². The molecule has 13 heteroatoms. The summed E-state index contributed by atoms with van der Waals surface area (Å²) in [6.45, 7) is 0.796. The number of urea groups is 1. The number of carbonyl (C=O) groups excluding carboxylic acids is 4. The van der Waals surface area contributed by atoms with Gasteiger partial charge in [-0.25, -0.2) is 4.79 Å². The van der Waals surface area contributed by atoms with Crippen molar-refractivity contribution in [3.63, 3.8) is 0 Å². The second kappa shape index (κ2) is 19.3. The minimum Gasteiger partial charge on any atom is -0.508 e. The zero-order valence-electron chi connectivity index (χ0n) is 25.4. The molecule has 0 aliphatic heterocycles. The van der Waals surface area contributed by atoms with E-state index in [1.807, 2.05) is 60.7 Å². The van der Waals surface area contributed by atoms with Crippen molar-refractivity contribution >= 4 is 41.3 Å². The average Bonchev–Trinajstić information content (AvgIpc) is 3.05. The Kier molecular flexibility index (Phi) is 14.9. The number of rotatable bonds is 16. The van der Waals surface area contributed by atoms with Crippen LogP contribution in [0.3, 0.4) is 0 Å². The number of hydrogen-bond acceptors (Lipinski definition) is 6. The summed E-state index contributed by atoms with van der Waals surface area (Å²) in [4.78, 5) is 54.7. The van der Waals surface area contributed by atoms with Crippen LogP contribution in [-0.2, 0) is 20.9 Å². The molecular formula is C33H40ClN7O5. The highest BCUT2D eigenvalue weighted by molar-refractivity contribution is 6.18. The van der Waals surface area contributed by atoms with Gasteiger partial charge >= 0.3 is 6.03 Å². The number of phenols is 1. The van der Waals surface area contributed by atoms with Crippen molar-refractivity contribution in [3.05, 3.63) is 102 Å². The van der Waals surface area contributed by atoms with E-state index in [9.17, 15) is 24.3 Å². The van der Waals surface area contributed by atoms with E-state index in [-0.39, 0.29) is 74.3 Å². The number of nitrogens with one attached hydrogen (secondary N) is 5. The van der Waals surface area contributed by atoms with Crippen LogP contribution in [0.25, 0.3) is 0 Å². The molecule has 3 aromatic rings. The Morgan fingerprint density at radius 1 is 0.804 bits per heavy atom. The van der Waals surface area contributed by atoms with Gasteiger partial charge in [0.05, 0.1) is 5.92 Å². The maximum Gasteiger partial charge on any atom is 0.321 e. The van der Waals surface area contributed by atoms with E-state index >= 15 is 0 Å². The van der Waals surface area contributed by atoms with E-state index in [1.54, 1.807) is 12.1 Å². The van der Waals surface area contributed by atoms with Crippen molar-refractivity contribution in [1.29, 1.82) is 0 Å². The van der Waals surface area contributed by atoms with Gasteiger partial charge in [-0.1, -0.05) is 72.8 Å². The van der Waals surface area contributed by atoms with E-state index < -0.39 is 18.0 Å². The van der Waals surface area contributed by atoms with Crippen LogP contribution in [0.1, 0.15) is 41.9 Å². The molecule has 46 heavy (non-hydrogen) atoms. The largest absolute Gasteiger partial charge is 0.508 e. The first-order chi connectivity index (χ1) is 22.3. The van der Waals surface area contributed by atoms with Gasteiger partial charge in [-0.05, 0) is 41.7 Å². The van der Waals surface area contributed by atoms with Gasteiger partial charge in [0.1, 0.15) is 11.8 Å². The molecule has 0 unspecified atom stereocenters. The summed E-state index contributed by atoms with van der Waals surface area (Å²) in [7, 11) is 0. The molecule has 0 aliphatic carbocycles. The molecule has 0 radical (unpaired) electrons. The fraction of sp³-hybridized carbons (Fsp3) is 0.303. The molecule has 0 bridgehead atoms. The van der Waals surface area contributed by atoms with Crippen LogP contribution in [0.2, 0.25) is 0 Å². The number of phenolic OH excluding ortho intramolecular Hbond substituents is 1. The molecule has 0 saturated heterocycles. The first-order valence-corrected chi connectivity index (χ1v) is 15.4. The number of carbonyl (C=O) groups is 4. The number of aromatic hydroxyl groups is 1. The maximum atomic E-state index is 13.8. The summed E-state index contributed by atoms with van der Waals surface area (Å²) in [5.41, 5.74) is 8.19. The summed E-state index contributed by atoms with van der Waals surface area (Å²) < 4.78 is 0. The van der Waals surface area contributed by atoms with Crippen LogP contribution in [0.4, 0.5) is 4.79 Å². The molecule has 0 heterocycles. The first kappa shape index (κ1) is 35.4. The smallest absolute Gasteiger partial charge is 0.321 e. The van der Waals surface area contributed by atoms with Crippen molar-refractivity contribution < 1.29 is 24.3 Å². The lowest BCUT2D eigenvalue weighted by Gasteiger charge is -2.23. The molecule has 0 aliphatic rings. The highest BCUT2D eigenvalue weighted by Gasteiger charge is 2.27. The molecule has 0 fully saturated rings. The quantitative estimate of drug-likeness (QED) is 0.0540. The van der Waals surface area contributed by atoms with Crippen LogP contribution in [-0.4, -0.2) is 66.4 Å². The number of halogens is 1. The van der Waals surface area contributed by atoms with E-state index in [0.29, 0.717) is 6.42 Å². The number of benzene rings is 3. The number of aliphatic imine (C=N–C) groups is 1. The number of alkyl halides is 1. The molecule has 12 nitrogen and oxygen atoms in total. The number of nitrogens with two attached hydrogens (primary N) is 1. The molecule has 8 N–H and O–H groups in total. The van der Waals surface area contributed by atoms with Crippen LogP contribution in [0, 0.1) is 0 Å².